The molecule has 9 nitrogen and oxygen atoms in total. The average molecular weight is 584 g/mol. The lowest BCUT2D eigenvalue weighted by molar-refractivity contribution is -0.274. The van der Waals surface area contributed by atoms with Crippen LogP contribution in [0.3, 0.4) is 0 Å². The summed E-state index contributed by atoms with van der Waals surface area (Å²) in [6, 6.07) is 10.6. The van der Waals surface area contributed by atoms with E-state index in [1.807, 2.05) is 24.3 Å². The van der Waals surface area contributed by atoms with E-state index in [-0.39, 0.29) is 31.1 Å². The molecule has 1 N–H and O–H groups in total. The first-order chi connectivity index (χ1) is 18.5. The molecule has 3 aromatic rings. The van der Waals surface area contributed by atoms with Gasteiger partial charge in [-0.25, -0.2) is 13.4 Å². The number of carbonyl (C=O) groups is 1. The van der Waals surface area contributed by atoms with Crippen molar-refractivity contribution in [3.8, 4) is 5.75 Å². The van der Waals surface area contributed by atoms with Crippen LogP contribution in [0.5, 0.6) is 5.75 Å². The minimum atomic E-state index is -4.90. The highest BCUT2D eigenvalue weighted by atomic mass is 32.2. The van der Waals surface area contributed by atoms with Crippen LogP contribution >= 0.6 is 11.5 Å². The average Bonchev–Trinajstić information content (AvgIpc) is 3.33. The molecule has 1 aliphatic heterocycles. The van der Waals surface area contributed by atoms with Crippen molar-refractivity contribution in [3.05, 3.63) is 65.5 Å². The second-order valence-electron chi connectivity index (χ2n) is 9.01. The van der Waals surface area contributed by atoms with E-state index in [0.29, 0.717) is 11.0 Å². The van der Waals surface area contributed by atoms with Crippen molar-refractivity contribution in [2.45, 2.75) is 50.5 Å². The van der Waals surface area contributed by atoms with Crippen LogP contribution in [0.4, 0.5) is 18.3 Å². The molecular weight excluding hydrogens is 555 g/mol. The molecule has 0 unspecified atom stereocenters. The Labute approximate surface area is 228 Å². The smallest absolute Gasteiger partial charge is 0.406 e. The van der Waals surface area contributed by atoms with Crippen molar-refractivity contribution in [1.82, 2.24) is 19.0 Å². The Hall–Kier alpha value is -3.23. The fourth-order valence-corrected chi connectivity index (χ4v) is 6.50. The number of alkyl halides is 3. The second kappa shape index (κ2) is 11.9. The van der Waals surface area contributed by atoms with E-state index in [9.17, 15) is 26.4 Å². The monoisotopic (exact) mass is 583 g/mol. The van der Waals surface area contributed by atoms with Crippen LogP contribution in [-0.2, 0) is 27.8 Å². The Balaban J connectivity index is 1.55. The molecule has 0 bridgehead atoms. The zero-order chi connectivity index (χ0) is 28.2. The summed E-state index contributed by atoms with van der Waals surface area (Å²) in [6.07, 6.45) is -2.93. The maximum atomic E-state index is 13.6. The number of amides is 1. The van der Waals surface area contributed by atoms with Crippen LogP contribution in [0.1, 0.15) is 30.3 Å². The number of anilines is 1. The number of benzene rings is 2. The lowest BCUT2D eigenvalue weighted by Gasteiger charge is -2.39. The Kier molecular flexibility index (Phi) is 8.76. The molecule has 210 valence electrons. The Morgan fingerprint density at radius 1 is 1.10 bits per heavy atom. The van der Waals surface area contributed by atoms with Gasteiger partial charge in [0.25, 0.3) is 0 Å². The maximum absolute atomic E-state index is 13.6. The van der Waals surface area contributed by atoms with Crippen molar-refractivity contribution in [2.24, 2.45) is 0 Å². The van der Waals surface area contributed by atoms with Gasteiger partial charge in [0.05, 0.1) is 4.90 Å². The summed E-state index contributed by atoms with van der Waals surface area (Å²) in [5, 5.41) is 3.41. The predicted octanol–water partition coefficient (Wildman–Crippen LogP) is 3.89. The third kappa shape index (κ3) is 7.25. The van der Waals surface area contributed by atoms with Gasteiger partial charge in [-0.2, -0.15) is 8.68 Å². The highest BCUT2D eigenvalue weighted by Gasteiger charge is 2.41. The number of nitrogens with one attached hydrogen (secondary N) is 1. The van der Waals surface area contributed by atoms with Gasteiger partial charge in [0, 0.05) is 37.7 Å². The zero-order valence-corrected chi connectivity index (χ0v) is 22.9. The summed E-state index contributed by atoms with van der Waals surface area (Å²) in [5.41, 5.74) is 2.05. The van der Waals surface area contributed by atoms with Crippen molar-refractivity contribution >= 4 is 32.6 Å². The first-order valence-electron chi connectivity index (χ1n) is 12.2. The van der Waals surface area contributed by atoms with Crippen molar-refractivity contribution in [1.29, 1.82) is 0 Å². The van der Waals surface area contributed by atoms with Gasteiger partial charge in [-0.15, -0.1) is 13.2 Å². The molecule has 2 heterocycles. The van der Waals surface area contributed by atoms with Gasteiger partial charge in [0.15, 0.2) is 0 Å². The van der Waals surface area contributed by atoms with Gasteiger partial charge >= 0.3 is 6.36 Å². The lowest BCUT2D eigenvalue weighted by atomic mass is 10.1. The molecule has 2 aromatic carbocycles. The number of hydrogen-bond acceptors (Lipinski definition) is 8. The highest BCUT2D eigenvalue weighted by Crippen LogP contribution is 2.28. The van der Waals surface area contributed by atoms with Gasteiger partial charge in [-0.05, 0) is 48.7 Å². The SMILES string of the molecule is CCCc1ccc(CNC(=O)[C@H]2CN(c3nc(C)ns3)CCN2S(=O)(=O)c2ccc(OC(F)(F)F)cc2)cc1. The summed E-state index contributed by atoms with van der Waals surface area (Å²) < 4.78 is 73.8. The van der Waals surface area contributed by atoms with Gasteiger partial charge in [-0.1, -0.05) is 37.6 Å². The van der Waals surface area contributed by atoms with Crippen LogP contribution < -0.4 is 15.0 Å². The minimum absolute atomic E-state index is 0.0321. The standard InChI is InChI=1S/C25H28F3N5O4S2/c1-3-4-18-5-7-19(8-6-18)15-29-23(34)22-16-32(24-30-17(2)31-38-24)13-14-33(22)39(35,36)21-11-9-20(10-12-21)37-25(26,27)28/h5-12,22H,3-4,13-16H2,1-2H3,(H,29,34)/t22-/m1/s1. The molecular formula is C25H28F3N5O4S2. The fraction of sp³-hybridized carbons (Fsp3) is 0.400. The third-order valence-electron chi connectivity index (χ3n) is 6.11. The topological polar surface area (TPSA) is 105 Å². The second-order valence-corrected chi connectivity index (χ2v) is 11.6. The highest BCUT2D eigenvalue weighted by molar-refractivity contribution is 7.89. The number of hydrogen-bond donors (Lipinski definition) is 1. The number of rotatable bonds is 9. The Morgan fingerprint density at radius 2 is 1.77 bits per heavy atom. The molecule has 0 saturated carbocycles. The normalized spacial score (nSPS) is 16.7. The summed E-state index contributed by atoms with van der Waals surface area (Å²) in [4.78, 5) is 19.3. The number of ether oxygens (including phenoxy) is 1. The first-order valence-corrected chi connectivity index (χ1v) is 14.5. The number of piperazine rings is 1. The van der Waals surface area contributed by atoms with E-state index in [1.54, 1.807) is 11.8 Å². The quantitative estimate of drug-likeness (QED) is 0.408. The number of nitrogens with zero attached hydrogens (tertiary/aromatic N) is 4. The van der Waals surface area contributed by atoms with Crippen molar-refractivity contribution in [2.75, 3.05) is 24.5 Å². The Morgan fingerprint density at radius 3 is 2.36 bits per heavy atom. The van der Waals surface area contributed by atoms with Gasteiger partial charge < -0.3 is 15.0 Å². The molecule has 1 fully saturated rings. The third-order valence-corrected chi connectivity index (χ3v) is 8.90. The number of sulfonamides is 1. The molecule has 0 radical (unpaired) electrons. The van der Waals surface area contributed by atoms with Crippen LogP contribution in [0, 0.1) is 6.92 Å². The van der Waals surface area contributed by atoms with Crippen LogP contribution in [0.25, 0.3) is 0 Å². The molecule has 39 heavy (non-hydrogen) atoms. The van der Waals surface area contributed by atoms with Crippen LogP contribution in [0.2, 0.25) is 0 Å². The number of halogens is 3. The van der Waals surface area contributed by atoms with Gasteiger partial charge in [0.1, 0.15) is 17.6 Å². The van der Waals surface area contributed by atoms with E-state index >= 15 is 0 Å². The van der Waals surface area contributed by atoms with Crippen LogP contribution in [-0.4, -0.2) is 60.0 Å². The van der Waals surface area contributed by atoms with E-state index < -0.39 is 34.1 Å². The molecule has 0 aliphatic carbocycles. The molecule has 1 amide bonds. The molecule has 14 heteroatoms. The van der Waals surface area contributed by atoms with Gasteiger partial charge in [0.2, 0.25) is 21.1 Å². The molecule has 1 aliphatic rings. The zero-order valence-electron chi connectivity index (χ0n) is 21.3. The summed E-state index contributed by atoms with van der Waals surface area (Å²) in [5.74, 6) is -0.477. The molecule has 1 aromatic heterocycles. The largest absolute Gasteiger partial charge is 0.573 e. The molecule has 1 saturated heterocycles. The van der Waals surface area contributed by atoms with E-state index in [4.69, 9.17) is 0 Å². The van der Waals surface area contributed by atoms with E-state index in [2.05, 4.69) is 26.3 Å². The molecule has 0 spiro atoms. The number of aryl methyl sites for hydroxylation is 2. The lowest BCUT2D eigenvalue weighted by Crippen LogP contribution is -2.60. The predicted molar refractivity (Wildman–Crippen MR) is 140 cm³/mol. The maximum Gasteiger partial charge on any atom is 0.573 e. The summed E-state index contributed by atoms with van der Waals surface area (Å²) >= 11 is 1.16. The molecule has 4 rings (SSSR count). The minimum Gasteiger partial charge on any atom is -0.406 e. The van der Waals surface area contributed by atoms with Crippen LogP contribution in [0.15, 0.2) is 53.4 Å². The summed E-state index contributed by atoms with van der Waals surface area (Å²) in [7, 11) is -4.24. The first kappa shape index (κ1) is 28.8. The van der Waals surface area contributed by atoms with E-state index in [1.165, 1.54) is 5.56 Å². The summed E-state index contributed by atoms with van der Waals surface area (Å²) in [6.45, 7) is 4.29. The van der Waals surface area contributed by atoms with Crippen molar-refractivity contribution < 1.29 is 31.1 Å². The number of carbonyl (C=O) groups excluding carboxylic acids is 1. The van der Waals surface area contributed by atoms with E-state index in [0.717, 1.165) is 58.5 Å². The van der Waals surface area contributed by atoms with Crippen molar-refractivity contribution in [3.63, 3.8) is 0 Å². The molecule has 1 atom stereocenters. The van der Waals surface area contributed by atoms with Gasteiger partial charge in [-0.3, -0.25) is 4.79 Å². The fourth-order valence-electron chi connectivity index (χ4n) is 4.22. The number of aromatic nitrogens is 2. The Bertz CT molecular complexity index is 1380.